The van der Waals surface area contributed by atoms with Gasteiger partial charge in [0, 0.05) is 30.8 Å². The fraction of sp³-hybridized carbons (Fsp3) is 0.533. The number of rotatable bonds is 4. The van der Waals surface area contributed by atoms with Crippen LogP contribution in [0.1, 0.15) is 12.5 Å². The van der Waals surface area contributed by atoms with Gasteiger partial charge in [-0.3, -0.25) is 0 Å². The zero-order chi connectivity index (χ0) is 14.9. The van der Waals surface area contributed by atoms with Crippen LogP contribution in [-0.2, 0) is 0 Å². The maximum Gasteiger partial charge on any atom is 0.120 e. The molecule has 1 aliphatic rings. The Morgan fingerprint density at radius 3 is 2.60 bits per heavy atom. The highest BCUT2D eigenvalue weighted by molar-refractivity contribution is 7.80. The zero-order valence-corrected chi connectivity index (χ0v) is 13.4. The summed E-state index contributed by atoms with van der Waals surface area (Å²) < 4.78 is 5.33. The molecule has 2 unspecified atom stereocenters. The van der Waals surface area contributed by atoms with Crippen molar-refractivity contribution < 1.29 is 4.74 Å². The summed E-state index contributed by atoms with van der Waals surface area (Å²) in [6.07, 6.45) is 0. The maximum absolute atomic E-state index is 5.86. The molecule has 2 rings (SSSR count). The number of methoxy groups -OCH3 is 1. The molecular formula is C15H23N3OS. The Morgan fingerprint density at radius 2 is 2.10 bits per heavy atom. The minimum Gasteiger partial charge on any atom is -0.497 e. The summed E-state index contributed by atoms with van der Waals surface area (Å²) in [5.74, 6) is 1.44. The highest BCUT2D eigenvalue weighted by Crippen LogP contribution is 2.31. The Bertz CT molecular complexity index is 504. The Labute approximate surface area is 126 Å². The standard InChI is InChI=1S/C15H23N3OS/c1-10-8-18(9-14(10)17(2)3)13-7-11(19-4)5-6-12(13)15(16)20/h5-7,10,14H,8-9H2,1-4H3,(H2,16,20). The van der Waals surface area contributed by atoms with E-state index in [-0.39, 0.29) is 0 Å². The van der Waals surface area contributed by atoms with Crippen molar-refractivity contribution in [1.29, 1.82) is 0 Å². The van der Waals surface area contributed by atoms with Crippen molar-refractivity contribution in [3.63, 3.8) is 0 Å². The second-order valence-corrected chi connectivity index (χ2v) is 6.10. The lowest BCUT2D eigenvalue weighted by Gasteiger charge is -2.24. The lowest BCUT2D eigenvalue weighted by molar-refractivity contribution is 0.266. The average molecular weight is 293 g/mol. The Hall–Kier alpha value is -1.33. The molecule has 0 spiro atoms. The van der Waals surface area contributed by atoms with Crippen molar-refractivity contribution in [1.82, 2.24) is 4.90 Å². The molecule has 2 atom stereocenters. The van der Waals surface area contributed by atoms with Crippen LogP contribution in [0, 0.1) is 5.92 Å². The van der Waals surface area contributed by atoms with Crippen LogP contribution in [0.15, 0.2) is 18.2 Å². The minimum absolute atomic E-state index is 0.434. The van der Waals surface area contributed by atoms with Crippen LogP contribution in [0.25, 0.3) is 0 Å². The molecule has 1 heterocycles. The molecular weight excluding hydrogens is 270 g/mol. The number of nitrogens with zero attached hydrogens (tertiary/aromatic N) is 2. The summed E-state index contributed by atoms with van der Waals surface area (Å²) in [6.45, 7) is 4.27. The van der Waals surface area contributed by atoms with E-state index in [1.54, 1.807) is 7.11 Å². The first kappa shape index (κ1) is 15.1. The van der Waals surface area contributed by atoms with Crippen LogP contribution in [0.2, 0.25) is 0 Å². The second-order valence-electron chi connectivity index (χ2n) is 5.66. The van der Waals surface area contributed by atoms with Gasteiger partial charge in [0.15, 0.2) is 0 Å². The number of hydrogen-bond acceptors (Lipinski definition) is 4. The van der Waals surface area contributed by atoms with E-state index in [0.29, 0.717) is 16.9 Å². The third-order valence-electron chi connectivity index (χ3n) is 4.05. The Kier molecular flexibility index (Phi) is 4.50. The van der Waals surface area contributed by atoms with Crippen LogP contribution in [-0.4, -0.2) is 50.2 Å². The molecule has 1 aromatic carbocycles. The largest absolute Gasteiger partial charge is 0.497 e. The van der Waals surface area contributed by atoms with Crippen molar-refractivity contribution in [3.8, 4) is 5.75 Å². The second kappa shape index (κ2) is 5.97. The lowest BCUT2D eigenvalue weighted by atomic mass is 10.1. The number of hydrogen-bond donors (Lipinski definition) is 1. The van der Waals surface area contributed by atoms with Crippen molar-refractivity contribution in [2.24, 2.45) is 11.7 Å². The number of benzene rings is 1. The smallest absolute Gasteiger partial charge is 0.120 e. The van der Waals surface area contributed by atoms with Gasteiger partial charge in [-0.05, 0) is 32.1 Å². The van der Waals surface area contributed by atoms with Crippen molar-refractivity contribution >= 4 is 22.9 Å². The van der Waals surface area contributed by atoms with Crippen LogP contribution in [0.3, 0.4) is 0 Å². The quantitative estimate of drug-likeness (QED) is 0.856. The summed E-state index contributed by atoms with van der Waals surface area (Å²) in [6, 6.07) is 6.42. The number of anilines is 1. The van der Waals surface area contributed by atoms with E-state index in [1.165, 1.54) is 0 Å². The van der Waals surface area contributed by atoms with E-state index in [4.69, 9.17) is 22.7 Å². The summed E-state index contributed by atoms with van der Waals surface area (Å²) in [5.41, 5.74) is 7.86. The van der Waals surface area contributed by atoms with E-state index in [0.717, 1.165) is 30.1 Å². The lowest BCUT2D eigenvalue weighted by Crippen LogP contribution is -2.34. The minimum atomic E-state index is 0.434. The van der Waals surface area contributed by atoms with Gasteiger partial charge in [-0.2, -0.15) is 0 Å². The normalized spacial score (nSPS) is 22.4. The van der Waals surface area contributed by atoms with Crippen molar-refractivity contribution in [3.05, 3.63) is 23.8 Å². The molecule has 110 valence electrons. The third-order valence-corrected chi connectivity index (χ3v) is 4.27. The van der Waals surface area contributed by atoms with E-state index < -0.39 is 0 Å². The zero-order valence-electron chi connectivity index (χ0n) is 12.6. The van der Waals surface area contributed by atoms with Gasteiger partial charge < -0.3 is 20.3 Å². The first-order chi connectivity index (χ1) is 9.43. The summed E-state index contributed by atoms with van der Waals surface area (Å²) >= 11 is 5.17. The predicted octanol–water partition coefficient (Wildman–Crippen LogP) is 1.72. The Balaban J connectivity index is 2.34. The molecule has 0 amide bonds. The van der Waals surface area contributed by atoms with E-state index in [9.17, 15) is 0 Å². The summed E-state index contributed by atoms with van der Waals surface area (Å²) in [5, 5.41) is 0. The van der Waals surface area contributed by atoms with Crippen molar-refractivity contribution in [2.45, 2.75) is 13.0 Å². The topological polar surface area (TPSA) is 41.7 Å². The predicted molar refractivity (Wildman–Crippen MR) is 87.7 cm³/mol. The first-order valence-electron chi connectivity index (χ1n) is 6.83. The number of nitrogens with two attached hydrogens (primary N) is 1. The van der Waals surface area contributed by atoms with Gasteiger partial charge in [-0.15, -0.1) is 0 Å². The first-order valence-corrected chi connectivity index (χ1v) is 7.24. The number of likely N-dealkylation sites (N-methyl/N-ethyl adjacent to an activating group) is 1. The highest BCUT2D eigenvalue weighted by atomic mass is 32.1. The maximum atomic E-state index is 5.86. The van der Waals surface area contributed by atoms with E-state index in [1.807, 2.05) is 18.2 Å². The molecule has 1 aliphatic heterocycles. The van der Waals surface area contributed by atoms with Gasteiger partial charge in [-0.1, -0.05) is 19.1 Å². The molecule has 0 saturated carbocycles. The molecule has 0 aromatic heterocycles. The van der Waals surface area contributed by atoms with Gasteiger partial charge in [0.2, 0.25) is 0 Å². The third kappa shape index (κ3) is 2.88. The molecule has 2 N–H and O–H groups in total. The monoisotopic (exact) mass is 293 g/mol. The molecule has 20 heavy (non-hydrogen) atoms. The summed E-state index contributed by atoms with van der Waals surface area (Å²) in [7, 11) is 5.93. The van der Waals surface area contributed by atoms with E-state index in [2.05, 4.69) is 30.8 Å². The number of ether oxygens (including phenoxy) is 1. The molecule has 1 aromatic rings. The van der Waals surface area contributed by atoms with Gasteiger partial charge in [0.1, 0.15) is 10.7 Å². The molecule has 4 nitrogen and oxygen atoms in total. The van der Waals surface area contributed by atoms with Gasteiger partial charge in [-0.25, -0.2) is 0 Å². The van der Waals surface area contributed by atoms with Gasteiger partial charge in [0.25, 0.3) is 0 Å². The molecule has 1 saturated heterocycles. The van der Waals surface area contributed by atoms with Gasteiger partial charge in [0.05, 0.1) is 12.8 Å². The fourth-order valence-corrected chi connectivity index (χ4v) is 3.10. The molecule has 5 heteroatoms. The molecule has 0 bridgehead atoms. The number of thiocarbonyl (C=S) groups is 1. The summed E-state index contributed by atoms with van der Waals surface area (Å²) in [4.78, 5) is 5.07. The molecule has 1 fully saturated rings. The molecule has 0 radical (unpaired) electrons. The van der Waals surface area contributed by atoms with E-state index >= 15 is 0 Å². The average Bonchev–Trinajstić information content (AvgIpc) is 2.80. The highest BCUT2D eigenvalue weighted by Gasteiger charge is 2.32. The van der Waals surface area contributed by atoms with Crippen LogP contribution in [0.4, 0.5) is 5.69 Å². The van der Waals surface area contributed by atoms with Gasteiger partial charge >= 0.3 is 0 Å². The van der Waals surface area contributed by atoms with Crippen molar-refractivity contribution in [2.75, 3.05) is 39.2 Å². The van der Waals surface area contributed by atoms with Crippen LogP contribution in [0.5, 0.6) is 5.75 Å². The van der Waals surface area contributed by atoms with Crippen LogP contribution < -0.4 is 15.4 Å². The Morgan fingerprint density at radius 1 is 1.40 bits per heavy atom. The SMILES string of the molecule is COc1ccc(C(N)=S)c(N2CC(C)C(N(C)C)C2)c1. The molecule has 0 aliphatic carbocycles. The van der Waals surface area contributed by atoms with Crippen LogP contribution >= 0.6 is 12.2 Å². The fourth-order valence-electron chi connectivity index (χ4n) is 2.93.